The summed E-state index contributed by atoms with van der Waals surface area (Å²) in [5.41, 5.74) is -0.358. The average molecular weight is 391 g/mol. The van der Waals surface area contributed by atoms with Gasteiger partial charge in [0, 0.05) is 12.1 Å². The molecule has 0 saturated carbocycles. The smallest absolute Gasteiger partial charge is 0.229 e. The van der Waals surface area contributed by atoms with Crippen molar-refractivity contribution in [2.45, 2.75) is 19.3 Å². The van der Waals surface area contributed by atoms with Gasteiger partial charge >= 0.3 is 0 Å². The van der Waals surface area contributed by atoms with Crippen molar-refractivity contribution in [2.75, 3.05) is 26.2 Å². The van der Waals surface area contributed by atoms with Crippen molar-refractivity contribution in [1.82, 2.24) is 9.88 Å². The number of carbonyl (C=O) groups is 2. The van der Waals surface area contributed by atoms with E-state index in [-0.39, 0.29) is 35.0 Å². The molecule has 0 spiro atoms. The van der Waals surface area contributed by atoms with Gasteiger partial charge < -0.3 is 9.32 Å². The van der Waals surface area contributed by atoms with Crippen LogP contribution in [0.4, 0.5) is 13.2 Å². The maximum Gasteiger partial charge on any atom is 0.229 e. The highest BCUT2D eigenvalue weighted by atomic mass is 19.2. The molecule has 0 radical (unpaired) electrons. The Labute approximate surface area is 158 Å². The van der Waals surface area contributed by atoms with Gasteiger partial charge in [-0.05, 0) is 38.1 Å². The number of Topliss-reactive ketones (excluding diaryl/α,β-unsaturated/α-hetero) is 2. The Morgan fingerprint density at radius 3 is 2.46 bits per heavy atom. The number of carbonyl (C=O) groups excluding carboxylic acids is 2. The predicted octanol–water partition coefficient (Wildman–Crippen LogP) is 3.06. The SMILES string of the molecule is O=C1C(=NCCN2CCCC2)CC(=O)c2oc(-c3cc(F)c(F)c(F)c3)nc21. The van der Waals surface area contributed by atoms with Crippen LogP contribution in [0.1, 0.15) is 40.3 Å². The molecular formula is C19H16F3N3O3. The van der Waals surface area contributed by atoms with Crippen LogP contribution in [0, 0.1) is 17.5 Å². The highest BCUT2D eigenvalue weighted by Crippen LogP contribution is 2.28. The number of likely N-dealkylation sites (tertiary alicyclic amines) is 1. The van der Waals surface area contributed by atoms with E-state index in [0.29, 0.717) is 25.2 Å². The maximum absolute atomic E-state index is 13.5. The minimum atomic E-state index is -1.63. The third-order valence-corrected chi connectivity index (χ3v) is 4.83. The molecule has 0 unspecified atom stereocenters. The Morgan fingerprint density at radius 1 is 1.11 bits per heavy atom. The standard InChI is InChI=1S/C19H16F3N3O3/c20-11-7-10(8-12(21)15(11)22)19-24-16-17(27)13(9-14(26)18(16)28-19)23-3-6-25-4-1-2-5-25/h7-8H,1-6,9H2. The predicted molar refractivity (Wildman–Crippen MR) is 93.1 cm³/mol. The number of aromatic nitrogens is 1. The lowest BCUT2D eigenvalue weighted by molar-refractivity contribution is 0.0940. The summed E-state index contributed by atoms with van der Waals surface area (Å²) in [6.45, 7) is 3.09. The Bertz CT molecular complexity index is 971. The van der Waals surface area contributed by atoms with E-state index in [2.05, 4.69) is 14.9 Å². The molecule has 4 rings (SSSR count). The number of ketones is 2. The summed E-state index contributed by atoms with van der Waals surface area (Å²) in [6.07, 6.45) is 2.07. The molecular weight excluding hydrogens is 375 g/mol. The van der Waals surface area contributed by atoms with Gasteiger partial charge in [0.05, 0.1) is 18.7 Å². The highest BCUT2D eigenvalue weighted by Gasteiger charge is 2.35. The number of hydrogen-bond acceptors (Lipinski definition) is 6. The first-order valence-corrected chi connectivity index (χ1v) is 8.93. The van der Waals surface area contributed by atoms with Crippen LogP contribution >= 0.6 is 0 Å². The lowest BCUT2D eigenvalue weighted by Gasteiger charge is -2.13. The van der Waals surface area contributed by atoms with E-state index in [1.165, 1.54) is 0 Å². The average Bonchev–Trinajstić information content (AvgIpc) is 3.33. The number of hydrogen-bond donors (Lipinski definition) is 0. The van der Waals surface area contributed by atoms with Crippen LogP contribution in [-0.2, 0) is 0 Å². The summed E-state index contributed by atoms with van der Waals surface area (Å²) >= 11 is 0. The van der Waals surface area contributed by atoms with Crippen molar-refractivity contribution in [3.05, 3.63) is 41.0 Å². The molecule has 1 aromatic heterocycles. The van der Waals surface area contributed by atoms with Crippen molar-refractivity contribution in [3.8, 4) is 11.5 Å². The van der Waals surface area contributed by atoms with Crippen molar-refractivity contribution < 1.29 is 27.2 Å². The molecule has 0 atom stereocenters. The molecule has 1 fully saturated rings. The van der Waals surface area contributed by atoms with Gasteiger partial charge in [-0.1, -0.05) is 0 Å². The fourth-order valence-electron chi connectivity index (χ4n) is 3.38. The number of aliphatic imine (C=N–C) groups is 1. The van der Waals surface area contributed by atoms with Crippen molar-refractivity contribution in [1.29, 1.82) is 0 Å². The second-order valence-electron chi connectivity index (χ2n) is 6.76. The summed E-state index contributed by atoms with van der Waals surface area (Å²) in [5.74, 6) is -6.11. The molecule has 2 aliphatic rings. The molecule has 1 aromatic carbocycles. The van der Waals surface area contributed by atoms with E-state index >= 15 is 0 Å². The number of fused-ring (bicyclic) bond motifs is 1. The first-order valence-electron chi connectivity index (χ1n) is 8.93. The monoisotopic (exact) mass is 391 g/mol. The maximum atomic E-state index is 13.5. The summed E-state index contributed by atoms with van der Waals surface area (Å²) in [6, 6.07) is 1.38. The Morgan fingerprint density at radius 2 is 1.79 bits per heavy atom. The zero-order chi connectivity index (χ0) is 19.8. The van der Waals surface area contributed by atoms with Gasteiger partial charge in [0.2, 0.25) is 23.2 Å². The van der Waals surface area contributed by atoms with E-state index in [1.807, 2.05) is 0 Å². The molecule has 2 aromatic rings. The zero-order valence-corrected chi connectivity index (χ0v) is 14.8. The van der Waals surface area contributed by atoms with E-state index < -0.39 is 29.0 Å². The number of rotatable bonds is 4. The lowest BCUT2D eigenvalue weighted by Crippen LogP contribution is -2.28. The van der Waals surface area contributed by atoms with E-state index in [1.54, 1.807) is 0 Å². The number of oxazole rings is 1. The summed E-state index contributed by atoms with van der Waals surface area (Å²) < 4.78 is 45.3. The number of benzene rings is 1. The first-order chi connectivity index (χ1) is 13.4. The van der Waals surface area contributed by atoms with Gasteiger partial charge in [-0.15, -0.1) is 0 Å². The molecule has 28 heavy (non-hydrogen) atoms. The molecule has 0 bridgehead atoms. The molecule has 9 heteroatoms. The summed E-state index contributed by atoms with van der Waals surface area (Å²) in [7, 11) is 0. The fourth-order valence-corrected chi connectivity index (χ4v) is 3.38. The number of halogens is 3. The van der Waals surface area contributed by atoms with Gasteiger partial charge in [0.15, 0.2) is 23.1 Å². The van der Waals surface area contributed by atoms with Gasteiger partial charge in [0.25, 0.3) is 0 Å². The molecule has 2 heterocycles. The summed E-state index contributed by atoms with van der Waals surface area (Å²) in [4.78, 5) is 35.3. The summed E-state index contributed by atoms with van der Waals surface area (Å²) in [5, 5.41) is 0. The Hall–Kier alpha value is -2.81. The second-order valence-corrected chi connectivity index (χ2v) is 6.76. The van der Waals surface area contributed by atoms with Gasteiger partial charge in [-0.3, -0.25) is 14.6 Å². The molecule has 0 N–H and O–H groups in total. The molecule has 1 aliphatic carbocycles. The minimum Gasteiger partial charge on any atom is -0.432 e. The van der Waals surface area contributed by atoms with Crippen LogP contribution in [0.25, 0.3) is 11.5 Å². The van der Waals surface area contributed by atoms with Crippen molar-refractivity contribution >= 4 is 17.3 Å². The Kier molecular flexibility index (Phi) is 4.84. The molecule has 146 valence electrons. The zero-order valence-electron chi connectivity index (χ0n) is 14.8. The third kappa shape index (κ3) is 3.37. The second kappa shape index (κ2) is 7.31. The Balaban J connectivity index is 1.59. The van der Waals surface area contributed by atoms with Crippen LogP contribution in [-0.4, -0.2) is 53.3 Å². The van der Waals surface area contributed by atoms with Gasteiger partial charge in [-0.25, -0.2) is 18.2 Å². The quantitative estimate of drug-likeness (QED) is 0.749. The number of nitrogens with zero attached hydrogens (tertiary/aromatic N) is 3. The third-order valence-electron chi connectivity index (χ3n) is 4.83. The van der Waals surface area contributed by atoms with Crippen LogP contribution in [0.3, 0.4) is 0 Å². The largest absolute Gasteiger partial charge is 0.432 e. The molecule has 1 aliphatic heterocycles. The van der Waals surface area contributed by atoms with Crippen LogP contribution in [0.5, 0.6) is 0 Å². The van der Waals surface area contributed by atoms with Gasteiger partial charge in [-0.2, -0.15) is 0 Å². The lowest BCUT2D eigenvalue weighted by atomic mass is 9.97. The molecule has 6 nitrogen and oxygen atoms in total. The van der Waals surface area contributed by atoms with E-state index in [0.717, 1.165) is 25.9 Å². The fraction of sp³-hybridized carbons (Fsp3) is 0.368. The topological polar surface area (TPSA) is 75.8 Å². The minimum absolute atomic E-state index is 0.0908. The van der Waals surface area contributed by atoms with Crippen molar-refractivity contribution in [3.63, 3.8) is 0 Å². The van der Waals surface area contributed by atoms with E-state index in [4.69, 9.17) is 4.42 Å². The molecule has 1 saturated heterocycles. The highest BCUT2D eigenvalue weighted by molar-refractivity contribution is 6.52. The van der Waals surface area contributed by atoms with Crippen LogP contribution in [0.2, 0.25) is 0 Å². The van der Waals surface area contributed by atoms with Crippen LogP contribution < -0.4 is 0 Å². The van der Waals surface area contributed by atoms with E-state index in [9.17, 15) is 22.8 Å². The van der Waals surface area contributed by atoms with Gasteiger partial charge in [0.1, 0.15) is 0 Å². The first kappa shape index (κ1) is 18.5. The molecule has 0 amide bonds. The van der Waals surface area contributed by atoms with Crippen LogP contribution in [0.15, 0.2) is 21.5 Å². The van der Waals surface area contributed by atoms with Crippen molar-refractivity contribution in [2.24, 2.45) is 4.99 Å². The normalized spacial score (nSPS) is 18.9.